The maximum absolute atomic E-state index is 12.7. The van der Waals surface area contributed by atoms with Gasteiger partial charge in [0.2, 0.25) is 0 Å². The summed E-state index contributed by atoms with van der Waals surface area (Å²) in [6.07, 6.45) is -4.24. The van der Waals surface area contributed by atoms with Gasteiger partial charge in [-0.2, -0.15) is 13.2 Å². The van der Waals surface area contributed by atoms with Crippen molar-refractivity contribution in [1.82, 2.24) is 5.32 Å². The van der Waals surface area contributed by atoms with Gasteiger partial charge in [0.15, 0.2) is 0 Å². The predicted octanol–water partition coefficient (Wildman–Crippen LogP) is 3.84. The maximum atomic E-state index is 12.7. The number of nitrogens with one attached hydrogen (secondary N) is 1. The minimum atomic E-state index is -4.24. The van der Waals surface area contributed by atoms with Crippen molar-refractivity contribution in [3.8, 4) is 0 Å². The van der Waals surface area contributed by atoms with Crippen LogP contribution in [0.1, 0.15) is 19.4 Å². The lowest BCUT2D eigenvalue weighted by molar-refractivity contribution is -0.120. The molecule has 108 valence electrons. The molecule has 2 nitrogen and oxygen atoms in total. The van der Waals surface area contributed by atoms with Crippen LogP contribution in [0.4, 0.5) is 18.9 Å². The van der Waals surface area contributed by atoms with E-state index in [0.717, 1.165) is 5.56 Å². The third kappa shape index (κ3) is 4.91. The summed E-state index contributed by atoms with van der Waals surface area (Å²) in [5.74, 6) is 0. The first-order chi connectivity index (χ1) is 8.74. The van der Waals surface area contributed by atoms with Crippen molar-refractivity contribution in [3.05, 3.63) is 28.8 Å². The molecule has 0 unspecified atom stereocenters. The zero-order chi connectivity index (χ0) is 14.6. The van der Waals surface area contributed by atoms with Crippen LogP contribution in [0.15, 0.2) is 18.2 Å². The number of hydrogen-bond acceptors (Lipinski definition) is 2. The lowest BCUT2D eigenvalue weighted by Crippen LogP contribution is -2.39. The third-order valence-corrected chi connectivity index (χ3v) is 2.93. The summed E-state index contributed by atoms with van der Waals surface area (Å²) in [6.45, 7) is 2.98. The second-order valence-corrected chi connectivity index (χ2v) is 5.08. The van der Waals surface area contributed by atoms with Gasteiger partial charge in [-0.05, 0) is 44.7 Å². The molecule has 0 aliphatic carbocycles. The molecule has 0 radical (unpaired) electrons. The van der Waals surface area contributed by atoms with Crippen molar-refractivity contribution in [2.24, 2.45) is 0 Å². The molecule has 0 saturated carbocycles. The number of halogens is 4. The summed E-state index contributed by atoms with van der Waals surface area (Å²) < 4.78 is 38.0. The van der Waals surface area contributed by atoms with Gasteiger partial charge in [-0.3, -0.25) is 0 Å². The van der Waals surface area contributed by atoms with Crippen LogP contribution in [0, 0.1) is 0 Å². The number of hydrogen-bond donors (Lipinski definition) is 1. The number of anilines is 1. The number of alkyl halides is 3. The standard InChI is InChI=1S/C13H18ClF3N2/c1-9(2)19(8-13(15,16)17)12-5-4-11(14)6-10(12)7-18-3/h4-6,9,18H,7-8H2,1-3H3. The summed E-state index contributed by atoms with van der Waals surface area (Å²) in [5, 5.41) is 3.46. The third-order valence-electron chi connectivity index (χ3n) is 2.69. The van der Waals surface area contributed by atoms with Crippen molar-refractivity contribution in [2.45, 2.75) is 32.6 Å². The SMILES string of the molecule is CNCc1cc(Cl)ccc1N(CC(F)(F)F)C(C)C. The van der Waals surface area contributed by atoms with Crippen LogP contribution in [0.5, 0.6) is 0 Å². The van der Waals surface area contributed by atoms with E-state index >= 15 is 0 Å². The minimum Gasteiger partial charge on any atom is -0.360 e. The Balaban J connectivity index is 3.14. The first-order valence-electron chi connectivity index (χ1n) is 6.01. The van der Waals surface area contributed by atoms with Crippen molar-refractivity contribution in [2.75, 3.05) is 18.5 Å². The van der Waals surface area contributed by atoms with Crippen LogP contribution < -0.4 is 10.2 Å². The van der Waals surface area contributed by atoms with E-state index in [1.54, 1.807) is 39.1 Å². The highest BCUT2D eigenvalue weighted by atomic mass is 35.5. The lowest BCUT2D eigenvalue weighted by atomic mass is 10.1. The van der Waals surface area contributed by atoms with Crippen molar-refractivity contribution < 1.29 is 13.2 Å². The zero-order valence-electron chi connectivity index (χ0n) is 11.2. The van der Waals surface area contributed by atoms with E-state index in [2.05, 4.69) is 5.32 Å². The Morgan fingerprint density at radius 2 is 1.95 bits per heavy atom. The van der Waals surface area contributed by atoms with Gasteiger partial charge in [0.25, 0.3) is 0 Å². The van der Waals surface area contributed by atoms with Crippen LogP contribution >= 0.6 is 11.6 Å². The summed E-state index contributed by atoms with van der Waals surface area (Å²) >= 11 is 5.90. The van der Waals surface area contributed by atoms with Crippen LogP contribution in [0.25, 0.3) is 0 Å². The normalized spacial score (nSPS) is 12.0. The van der Waals surface area contributed by atoms with E-state index in [1.165, 1.54) is 4.90 Å². The first-order valence-corrected chi connectivity index (χ1v) is 6.39. The predicted molar refractivity (Wildman–Crippen MR) is 72.8 cm³/mol. The van der Waals surface area contributed by atoms with Crippen molar-refractivity contribution >= 4 is 17.3 Å². The molecular weight excluding hydrogens is 277 g/mol. The lowest BCUT2D eigenvalue weighted by Gasteiger charge is -2.31. The summed E-state index contributed by atoms with van der Waals surface area (Å²) in [7, 11) is 1.74. The molecule has 6 heteroatoms. The largest absolute Gasteiger partial charge is 0.405 e. The average Bonchev–Trinajstić information content (AvgIpc) is 2.25. The Bertz CT molecular complexity index is 419. The zero-order valence-corrected chi connectivity index (χ0v) is 11.9. The van der Waals surface area contributed by atoms with Crippen molar-refractivity contribution in [1.29, 1.82) is 0 Å². The summed E-state index contributed by atoms with van der Waals surface area (Å²) in [6, 6.07) is 4.69. The molecule has 0 aliphatic rings. The molecule has 1 N–H and O–H groups in total. The second-order valence-electron chi connectivity index (χ2n) is 4.64. The molecule has 0 saturated heterocycles. The fraction of sp³-hybridized carbons (Fsp3) is 0.538. The molecule has 19 heavy (non-hydrogen) atoms. The Labute approximate surface area is 116 Å². The average molecular weight is 295 g/mol. The van der Waals surface area contributed by atoms with Crippen LogP contribution in [0.2, 0.25) is 5.02 Å². The van der Waals surface area contributed by atoms with E-state index in [1.807, 2.05) is 0 Å². The Hall–Kier alpha value is -0.940. The van der Waals surface area contributed by atoms with Gasteiger partial charge >= 0.3 is 6.18 Å². The number of nitrogens with zero attached hydrogens (tertiary/aromatic N) is 1. The van der Waals surface area contributed by atoms with Gasteiger partial charge < -0.3 is 10.2 Å². The highest BCUT2D eigenvalue weighted by Gasteiger charge is 2.32. The van der Waals surface area contributed by atoms with E-state index in [9.17, 15) is 13.2 Å². The van der Waals surface area contributed by atoms with Crippen LogP contribution in [-0.4, -0.2) is 25.8 Å². The molecule has 0 spiro atoms. The summed E-state index contributed by atoms with van der Waals surface area (Å²) in [5.41, 5.74) is 1.32. The monoisotopic (exact) mass is 294 g/mol. The topological polar surface area (TPSA) is 15.3 Å². The maximum Gasteiger partial charge on any atom is 0.405 e. The molecule has 0 atom stereocenters. The quantitative estimate of drug-likeness (QED) is 0.888. The molecular formula is C13H18ClF3N2. The van der Waals surface area contributed by atoms with E-state index in [0.29, 0.717) is 17.3 Å². The van der Waals surface area contributed by atoms with E-state index < -0.39 is 12.7 Å². The molecule has 0 amide bonds. The fourth-order valence-electron chi connectivity index (χ4n) is 1.91. The van der Waals surface area contributed by atoms with Crippen LogP contribution in [-0.2, 0) is 6.54 Å². The number of benzene rings is 1. The van der Waals surface area contributed by atoms with Gasteiger partial charge in [-0.25, -0.2) is 0 Å². The molecule has 0 aromatic heterocycles. The highest BCUT2D eigenvalue weighted by molar-refractivity contribution is 6.30. The van der Waals surface area contributed by atoms with Gasteiger partial charge in [0.05, 0.1) is 0 Å². The molecule has 1 aromatic rings. The first kappa shape index (κ1) is 16.1. The summed E-state index contributed by atoms with van der Waals surface area (Å²) in [4.78, 5) is 1.34. The van der Waals surface area contributed by atoms with Gasteiger partial charge in [-0.15, -0.1) is 0 Å². The Morgan fingerprint density at radius 3 is 2.42 bits per heavy atom. The fourth-order valence-corrected chi connectivity index (χ4v) is 2.10. The Morgan fingerprint density at radius 1 is 1.32 bits per heavy atom. The molecule has 1 aromatic carbocycles. The molecule has 0 fully saturated rings. The molecule has 1 rings (SSSR count). The van der Waals surface area contributed by atoms with Gasteiger partial charge in [0.1, 0.15) is 6.54 Å². The van der Waals surface area contributed by atoms with Crippen molar-refractivity contribution in [3.63, 3.8) is 0 Å². The molecule has 0 bridgehead atoms. The van der Waals surface area contributed by atoms with Crippen LogP contribution in [0.3, 0.4) is 0 Å². The number of rotatable bonds is 5. The minimum absolute atomic E-state index is 0.251. The Kier molecular flexibility index (Phi) is 5.50. The highest BCUT2D eigenvalue weighted by Crippen LogP contribution is 2.29. The smallest absolute Gasteiger partial charge is 0.360 e. The molecule has 0 heterocycles. The second kappa shape index (κ2) is 6.48. The van der Waals surface area contributed by atoms with Gasteiger partial charge in [0, 0.05) is 23.3 Å². The molecule has 0 aliphatic heterocycles. The van der Waals surface area contributed by atoms with E-state index in [-0.39, 0.29) is 6.04 Å². The van der Waals surface area contributed by atoms with E-state index in [4.69, 9.17) is 11.6 Å². The van der Waals surface area contributed by atoms with Gasteiger partial charge in [-0.1, -0.05) is 11.6 Å².